The number of benzene rings is 1. The highest BCUT2D eigenvalue weighted by atomic mass is 16.4. The van der Waals surface area contributed by atoms with Crippen molar-refractivity contribution in [1.82, 2.24) is 10.6 Å². The van der Waals surface area contributed by atoms with Crippen molar-refractivity contribution in [1.29, 1.82) is 0 Å². The molecule has 2 atom stereocenters. The van der Waals surface area contributed by atoms with Crippen molar-refractivity contribution in [2.75, 3.05) is 6.54 Å². The van der Waals surface area contributed by atoms with Crippen LogP contribution in [-0.2, 0) is 9.59 Å². The summed E-state index contributed by atoms with van der Waals surface area (Å²) in [5.74, 6) is -0.991. The predicted octanol–water partition coefficient (Wildman–Crippen LogP) is 1.70. The molecule has 23 heavy (non-hydrogen) atoms. The normalized spacial score (nSPS) is 13.1. The second-order valence-corrected chi connectivity index (χ2v) is 5.18. The summed E-state index contributed by atoms with van der Waals surface area (Å²) < 4.78 is 5.06. The number of hydrogen-bond acceptors (Lipinski definition) is 4. The van der Waals surface area contributed by atoms with Crippen LogP contribution in [0, 0.1) is 0 Å². The molecular formula is C17H20N2O4. The first-order valence-corrected chi connectivity index (χ1v) is 7.43. The van der Waals surface area contributed by atoms with Crippen LogP contribution in [0.1, 0.15) is 36.8 Å². The van der Waals surface area contributed by atoms with E-state index in [-0.39, 0.29) is 19.0 Å². The molecule has 2 aromatic rings. The third-order valence-electron chi connectivity index (χ3n) is 3.43. The Hall–Kier alpha value is -2.60. The Morgan fingerprint density at radius 3 is 2.52 bits per heavy atom. The summed E-state index contributed by atoms with van der Waals surface area (Å²) in [4.78, 5) is 23.6. The summed E-state index contributed by atoms with van der Waals surface area (Å²) in [5.41, 5.74) is 0.918. The van der Waals surface area contributed by atoms with E-state index >= 15 is 0 Å². The molecule has 0 saturated heterocycles. The van der Waals surface area contributed by atoms with E-state index in [1.54, 1.807) is 19.1 Å². The fraction of sp³-hybridized carbons (Fsp3) is 0.294. The fourth-order valence-electron chi connectivity index (χ4n) is 2.11. The predicted molar refractivity (Wildman–Crippen MR) is 84.3 cm³/mol. The number of carbonyl (C=O) groups is 2. The molecule has 1 aromatic carbocycles. The molecule has 1 heterocycles. The van der Waals surface area contributed by atoms with Gasteiger partial charge < -0.3 is 20.2 Å². The second kappa shape index (κ2) is 8.14. The Morgan fingerprint density at radius 2 is 1.87 bits per heavy atom. The van der Waals surface area contributed by atoms with Gasteiger partial charge in [-0.15, -0.1) is 0 Å². The van der Waals surface area contributed by atoms with Crippen LogP contribution in [0.15, 0.2) is 53.1 Å². The van der Waals surface area contributed by atoms with Crippen molar-refractivity contribution in [3.8, 4) is 0 Å². The summed E-state index contributed by atoms with van der Waals surface area (Å²) in [7, 11) is 0. The molecule has 6 heteroatoms. The molecule has 0 saturated carbocycles. The van der Waals surface area contributed by atoms with E-state index in [9.17, 15) is 14.7 Å². The van der Waals surface area contributed by atoms with E-state index in [2.05, 4.69) is 10.6 Å². The van der Waals surface area contributed by atoms with E-state index in [1.807, 2.05) is 30.3 Å². The van der Waals surface area contributed by atoms with Gasteiger partial charge in [0.15, 0.2) is 0 Å². The van der Waals surface area contributed by atoms with Crippen molar-refractivity contribution < 1.29 is 19.1 Å². The van der Waals surface area contributed by atoms with Gasteiger partial charge in [-0.3, -0.25) is 9.59 Å². The summed E-state index contributed by atoms with van der Waals surface area (Å²) in [5, 5.41) is 14.9. The van der Waals surface area contributed by atoms with E-state index in [0.29, 0.717) is 5.76 Å². The summed E-state index contributed by atoms with van der Waals surface area (Å²) in [6.07, 6.45) is 0.924. The molecule has 0 bridgehead atoms. The standard InChI is InChI=1S/C17H20N2O4/c1-12(13-6-3-2-4-7-13)19-17(22)16(21)18-10-9-14(20)15-8-5-11-23-15/h2-8,11-12,14,20H,9-10H2,1H3,(H,18,21)(H,19,22). The van der Waals surface area contributed by atoms with E-state index in [1.165, 1.54) is 6.26 Å². The molecule has 3 N–H and O–H groups in total. The first kappa shape index (κ1) is 16.8. The molecule has 0 spiro atoms. The highest BCUT2D eigenvalue weighted by Gasteiger charge is 2.17. The molecule has 0 radical (unpaired) electrons. The van der Waals surface area contributed by atoms with Gasteiger partial charge in [0.2, 0.25) is 0 Å². The first-order chi connectivity index (χ1) is 11.1. The van der Waals surface area contributed by atoms with Crippen LogP contribution in [-0.4, -0.2) is 23.5 Å². The van der Waals surface area contributed by atoms with Crippen molar-refractivity contribution in [3.05, 3.63) is 60.1 Å². The number of carbonyl (C=O) groups excluding carboxylic acids is 2. The van der Waals surface area contributed by atoms with Crippen molar-refractivity contribution >= 4 is 11.8 Å². The minimum absolute atomic E-state index is 0.174. The molecule has 0 aliphatic carbocycles. The average Bonchev–Trinajstić information content (AvgIpc) is 3.10. The van der Waals surface area contributed by atoms with E-state index in [0.717, 1.165) is 5.56 Å². The molecule has 0 aliphatic rings. The Morgan fingerprint density at radius 1 is 1.13 bits per heavy atom. The first-order valence-electron chi connectivity index (χ1n) is 7.43. The lowest BCUT2D eigenvalue weighted by Crippen LogP contribution is -2.41. The van der Waals surface area contributed by atoms with E-state index in [4.69, 9.17) is 4.42 Å². The molecule has 2 rings (SSSR count). The molecule has 122 valence electrons. The van der Waals surface area contributed by atoms with Crippen molar-refractivity contribution in [3.63, 3.8) is 0 Å². The van der Waals surface area contributed by atoms with Crippen LogP contribution in [0.5, 0.6) is 0 Å². The summed E-state index contributed by atoms with van der Waals surface area (Å²) >= 11 is 0. The number of aliphatic hydroxyl groups excluding tert-OH is 1. The Labute approximate surface area is 134 Å². The molecule has 6 nitrogen and oxygen atoms in total. The third kappa shape index (κ3) is 4.96. The molecule has 0 fully saturated rings. The van der Waals surface area contributed by atoms with Gasteiger partial charge in [0.25, 0.3) is 0 Å². The van der Waals surface area contributed by atoms with Crippen molar-refractivity contribution in [2.24, 2.45) is 0 Å². The molecular weight excluding hydrogens is 296 g/mol. The van der Waals surface area contributed by atoms with Crippen molar-refractivity contribution in [2.45, 2.75) is 25.5 Å². The zero-order chi connectivity index (χ0) is 16.7. The third-order valence-corrected chi connectivity index (χ3v) is 3.43. The van der Waals surface area contributed by atoms with Crippen LogP contribution in [0.4, 0.5) is 0 Å². The smallest absolute Gasteiger partial charge is 0.309 e. The second-order valence-electron chi connectivity index (χ2n) is 5.18. The number of furan rings is 1. The largest absolute Gasteiger partial charge is 0.467 e. The van der Waals surface area contributed by atoms with Crippen LogP contribution < -0.4 is 10.6 Å². The Balaban J connectivity index is 1.74. The van der Waals surface area contributed by atoms with Gasteiger partial charge in [0.05, 0.1) is 12.3 Å². The molecule has 2 amide bonds. The minimum atomic E-state index is -0.809. The van der Waals surface area contributed by atoms with Gasteiger partial charge in [-0.05, 0) is 31.0 Å². The van der Waals surface area contributed by atoms with E-state index < -0.39 is 17.9 Å². The number of hydrogen-bond donors (Lipinski definition) is 3. The maximum atomic E-state index is 11.8. The van der Waals surface area contributed by atoms with Crippen LogP contribution >= 0.6 is 0 Å². The van der Waals surface area contributed by atoms with Crippen LogP contribution in [0.3, 0.4) is 0 Å². The number of rotatable bonds is 6. The minimum Gasteiger partial charge on any atom is -0.467 e. The highest BCUT2D eigenvalue weighted by molar-refractivity contribution is 6.35. The van der Waals surface area contributed by atoms with Gasteiger partial charge in [0.1, 0.15) is 11.9 Å². The lowest BCUT2D eigenvalue weighted by Gasteiger charge is -2.14. The average molecular weight is 316 g/mol. The monoisotopic (exact) mass is 316 g/mol. The number of amides is 2. The Kier molecular flexibility index (Phi) is 5.94. The summed E-state index contributed by atoms with van der Waals surface area (Å²) in [6, 6.07) is 12.4. The van der Waals surface area contributed by atoms with Crippen LogP contribution in [0.2, 0.25) is 0 Å². The van der Waals surface area contributed by atoms with Gasteiger partial charge >= 0.3 is 11.8 Å². The fourth-order valence-corrected chi connectivity index (χ4v) is 2.11. The number of nitrogens with one attached hydrogen (secondary N) is 2. The lowest BCUT2D eigenvalue weighted by molar-refractivity contribution is -0.139. The van der Waals surface area contributed by atoms with Gasteiger partial charge in [-0.25, -0.2) is 0 Å². The maximum Gasteiger partial charge on any atom is 0.309 e. The zero-order valence-electron chi connectivity index (χ0n) is 12.9. The summed E-state index contributed by atoms with van der Waals surface area (Å²) in [6.45, 7) is 1.98. The lowest BCUT2D eigenvalue weighted by atomic mass is 10.1. The van der Waals surface area contributed by atoms with Crippen LogP contribution in [0.25, 0.3) is 0 Å². The zero-order valence-corrected chi connectivity index (χ0v) is 12.9. The Bertz CT molecular complexity index is 625. The highest BCUT2D eigenvalue weighted by Crippen LogP contribution is 2.15. The molecule has 1 aromatic heterocycles. The van der Waals surface area contributed by atoms with Gasteiger partial charge in [-0.2, -0.15) is 0 Å². The molecule has 2 unspecified atom stereocenters. The van der Waals surface area contributed by atoms with Gasteiger partial charge in [0, 0.05) is 6.54 Å². The SMILES string of the molecule is CC(NC(=O)C(=O)NCCC(O)c1ccco1)c1ccccc1. The van der Waals surface area contributed by atoms with Gasteiger partial charge in [-0.1, -0.05) is 30.3 Å². The number of aliphatic hydroxyl groups is 1. The topological polar surface area (TPSA) is 91.6 Å². The molecule has 0 aliphatic heterocycles. The quantitative estimate of drug-likeness (QED) is 0.707. The maximum absolute atomic E-state index is 11.8.